The van der Waals surface area contributed by atoms with Crippen LogP contribution in [0.2, 0.25) is 4.47 Å². The minimum Gasteiger partial charge on any atom is -0.444 e. The van der Waals surface area contributed by atoms with E-state index in [1.54, 1.807) is 4.90 Å². The third-order valence-electron chi connectivity index (χ3n) is 2.60. The van der Waals surface area contributed by atoms with Gasteiger partial charge in [-0.15, -0.1) is 0 Å². The number of ether oxygens (including phenoxy) is 1. The predicted octanol–water partition coefficient (Wildman–Crippen LogP) is 2.25. The fourth-order valence-corrected chi connectivity index (χ4v) is 2.36. The maximum atomic E-state index is 11.9. The van der Waals surface area contributed by atoms with Gasteiger partial charge in [-0.3, -0.25) is 0 Å². The fraction of sp³-hybridized carbons (Fsp3) is 0.727. The zero-order chi connectivity index (χ0) is 14.0. The summed E-state index contributed by atoms with van der Waals surface area (Å²) in [6, 6.07) is 0. The van der Waals surface area contributed by atoms with E-state index in [-0.39, 0.29) is 6.09 Å². The summed E-state index contributed by atoms with van der Waals surface area (Å²) in [5, 5.41) is 0. The van der Waals surface area contributed by atoms with Gasteiger partial charge in [0, 0.05) is 37.7 Å². The van der Waals surface area contributed by atoms with Crippen molar-refractivity contribution >= 4 is 35.2 Å². The lowest BCUT2D eigenvalue weighted by Crippen LogP contribution is -2.50. The molecule has 2 rings (SSSR count). The minimum absolute atomic E-state index is 0.267. The molecule has 1 aliphatic rings. The molecule has 6 nitrogen and oxygen atoms in total. The molecule has 1 amide bonds. The summed E-state index contributed by atoms with van der Waals surface area (Å²) in [6.07, 6.45) is -0.267. The van der Waals surface area contributed by atoms with Crippen LogP contribution in [0.4, 0.5) is 10.7 Å². The highest BCUT2D eigenvalue weighted by Gasteiger charge is 2.26. The van der Waals surface area contributed by atoms with Crippen molar-refractivity contribution in [1.82, 2.24) is 14.3 Å². The smallest absolute Gasteiger partial charge is 0.410 e. The van der Waals surface area contributed by atoms with Crippen molar-refractivity contribution in [3.8, 4) is 0 Å². The molecule has 0 atom stereocenters. The van der Waals surface area contributed by atoms with E-state index >= 15 is 0 Å². The van der Waals surface area contributed by atoms with E-state index in [1.807, 2.05) is 25.7 Å². The van der Waals surface area contributed by atoms with Gasteiger partial charge in [0.1, 0.15) is 5.60 Å². The number of rotatable bonds is 1. The maximum absolute atomic E-state index is 11.9. The van der Waals surface area contributed by atoms with Gasteiger partial charge >= 0.3 is 6.09 Å². The Morgan fingerprint density at radius 1 is 1.32 bits per heavy atom. The van der Waals surface area contributed by atoms with Crippen LogP contribution in [0, 0.1) is 0 Å². The number of piperazine rings is 1. The monoisotopic (exact) mass is 304 g/mol. The molecule has 0 unspecified atom stereocenters. The normalized spacial score (nSPS) is 16.6. The lowest BCUT2D eigenvalue weighted by molar-refractivity contribution is 0.0240. The molecular formula is C11H17ClN4O2S. The van der Waals surface area contributed by atoms with Crippen LogP contribution in [0.1, 0.15) is 20.8 Å². The number of hydrogen-bond acceptors (Lipinski definition) is 6. The van der Waals surface area contributed by atoms with Crippen LogP contribution in [0.3, 0.4) is 0 Å². The third kappa shape index (κ3) is 3.94. The molecule has 1 aromatic rings. The van der Waals surface area contributed by atoms with Gasteiger partial charge in [-0.25, -0.2) is 4.79 Å². The standard InChI is InChI=1S/C11H17ClN4O2S/c1-11(2,3)18-10(17)16-6-4-15(5-7-16)9-13-8(12)19-14-9/h4-7H2,1-3H3. The Kier molecular flexibility index (Phi) is 4.15. The van der Waals surface area contributed by atoms with Crippen molar-refractivity contribution in [2.24, 2.45) is 0 Å². The molecule has 8 heteroatoms. The second-order valence-electron chi connectivity index (χ2n) is 5.30. The molecule has 106 valence electrons. The molecule has 0 aliphatic carbocycles. The number of nitrogens with zero attached hydrogens (tertiary/aromatic N) is 4. The second-order valence-corrected chi connectivity index (χ2v) is 6.64. The van der Waals surface area contributed by atoms with Gasteiger partial charge in [0.15, 0.2) is 0 Å². The van der Waals surface area contributed by atoms with Crippen LogP contribution >= 0.6 is 23.1 Å². The lowest BCUT2D eigenvalue weighted by atomic mass is 10.2. The van der Waals surface area contributed by atoms with Gasteiger partial charge in [-0.1, -0.05) is 0 Å². The summed E-state index contributed by atoms with van der Waals surface area (Å²) in [7, 11) is 0. The van der Waals surface area contributed by atoms with E-state index in [4.69, 9.17) is 16.3 Å². The first-order valence-corrected chi connectivity index (χ1v) is 7.22. The summed E-state index contributed by atoms with van der Waals surface area (Å²) in [5.74, 6) is 0.638. The van der Waals surface area contributed by atoms with Crippen molar-refractivity contribution in [3.05, 3.63) is 4.47 Å². The van der Waals surface area contributed by atoms with E-state index in [0.717, 1.165) is 0 Å². The number of anilines is 1. The second kappa shape index (κ2) is 5.50. The molecule has 0 radical (unpaired) electrons. The number of carbonyl (C=O) groups excluding carboxylic acids is 1. The average Bonchev–Trinajstić information content (AvgIpc) is 2.74. The van der Waals surface area contributed by atoms with Gasteiger partial charge in [-0.2, -0.15) is 9.36 Å². The summed E-state index contributed by atoms with van der Waals surface area (Å²) in [6.45, 7) is 8.17. The summed E-state index contributed by atoms with van der Waals surface area (Å²) in [4.78, 5) is 19.7. The van der Waals surface area contributed by atoms with Gasteiger partial charge in [0.25, 0.3) is 0 Å². The number of amides is 1. The first kappa shape index (κ1) is 14.3. The molecule has 1 aromatic heterocycles. The molecular weight excluding hydrogens is 288 g/mol. The van der Waals surface area contributed by atoms with Crippen LogP contribution in [-0.4, -0.2) is 52.1 Å². The number of aromatic nitrogens is 2. The predicted molar refractivity (Wildman–Crippen MR) is 74.9 cm³/mol. The Morgan fingerprint density at radius 3 is 2.42 bits per heavy atom. The Bertz CT molecular complexity index is 452. The molecule has 0 saturated carbocycles. The number of carbonyl (C=O) groups is 1. The molecule has 1 fully saturated rings. The van der Waals surface area contributed by atoms with Crippen molar-refractivity contribution in [2.45, 2.75) is 26.4 Å². The fourth-order valence-electron chi connectivity index (χ4n) is 1.74. The Labute approximate surface area is 121 Å². The molecule has 19 heavy (non-hydrogen) atoms. The number of hydrogen-bond donors (Lipinski definition) is 0. The highest BCUT2D eigenvalue weighted by Crippen LogP contribution is 2.19. The van der Waals surface area contributed by atoms with E-state index in [9.17, 15) is 4.79 Å². The maximum Gasteiger partial charge on any atom is 0.410 e. The zero-order valence-electron chi connectivity index (χ0n) is 11.2. The quantitative estimate of drug-likeness (QED) is 0.796. The Balaban J connectivity index is 1.87. The third-order valence-corrected chi connectivity index (χ3v) is 3.39. The zero-order valence-corrected chi connectivity index (χ0v) is 12.8. The van der Waals surface area contributed by atoms with Crippen LogP contribution in [0.15, 0.2) is 0 Å². The van der Waals surface area contributed by atoms with Gasteiger partial charge in [0.05, 0.1) is 0 Å². The average molecular weight is 305 g/mol. The highest BCUT2D eigenvalue weighted by molar-refractivity contribution is 7.10. The van der Waals surface area contributed by atoms with Crippen molar-refractivity contribution in [1.29, 1.82) is 0 Å². The van der Waals surface area contributed by atoms with Crippen LogP contribution in [0.25, 0.3) is 0 Å². The number of halogens is 1. The summed E-state index contributed by atoms with van der Waals surface area (Å²) >= 11 is 6.94. The lowest BCUT2D eigenvalue weighted by Gasteiger charge is -2.35. The molecule has 0 aromatic carbocycles. The Hall–Kier alpha value is -1.08. The molecule has 1 saturated heterocycles. The topological polar surface area (TPSA) is 58.6 Å². The van der Waals surface area contributed by atoms with Crippen LogP contribution in [-0.2, 0) is 4.74 Å². The van der Waals surface area contributed by atoms with E-state index < -0.39 is 5.60 Å². The Morgan fingerprint density at radius 2 is 1.95 bits per heavy atom. The molecule has 0 bridgehead atoms. The van der Waals surface area contributed by atoms with Gasteiger partial charge < -0.3 is 14.5 Å². The van der Waals surface area contributed by atoms with E-state index in [1.165, 1.54) is 11.5 Å². The van der Waals surface area contributed by atoms with E-state index in [2.05, 4.69) is 9.36 Å². The first-order chi connectivity index (χ1) is 8.85. The SMILES string of the molecule is CC(C)(C)OC(=O)N1CCN(c2nsc(Cl)n2)CC1. The van der Waals surface area contributed by atoms with Crippen molar-refractivity contribution in [3.63, 3.8) is 0 Å². The van der Waals surface area contributed by atoms with Crippen molar-refractivity contribution in [2.75, 3.05) is 31.1 Å². The van der Waals surface area contributed by atoms with Gasteiger partial charge in [0.2, 0.25) is 10.4 Å². The van der Waals surface area contributed by atoms with Crippen LogP contribution in [0.5, 0.6) is 0 Å². The molecule has 1 aliphatic heterocycles. The van der Waals surface area contributed by atoms with Crippen LogP contribution < -0.4 is 4.90 Å². The largest absolute Gasteiger partial charge is 0.444 e. The molecule has 2 heterocycles. The van der Waals surface area contributed by atoms with Gasteiger partial charge in [-0.05, 0) is 32.4 Å². The highest BCUT2D eigenvalue weighted by atomic mass is 35.5. The summed E-state index contributed by atoms with van der Waals surface area (Å²) < 4.78 is 9.93. The van der Waals surface area contributed by atoms with E-state index in [0.29, 0.717) is 36.6 Å². The minimum atomic E-state index is -0.460. The molecule has 0 N–H and O–H groups in total. The summed E-state index contributed by atoms with van der Waals surface area (Å²) in [5.41, 5.74) is -0.460. The first-order valence-electron chi connectivity index (χ1n) is 6.07. The van der Waals surface area contributed by atoms with Crippen molar-refractivity contribution < 1.29 is 9.53 Å². The molecule has 0 spiro atoms.